The lowest BCUT2D eigenvalue weighted by Crippen LogP contribution is -2.55. The molecule has 0 saturated carbocycles. The van der Waals surface area contributed by atoms with Gasteiger partial charge in [0.05, 0.1) is 5.52 Å². The number of piperidine rings is 1. The predicted molar refractivity (Wildman–Crippen MR) is 120 cm³/mol. The number of hydrogen-bond acceptors (Lipinski definition) is 4. The Morgan fingerprint density at radius 2 is 1.66 bits per heavy atom. The lowest BCUT2D eigenvalue weighted by molar-refractivity contribution is 0.0890. The molecule has 4 heteroatoms. The van der Waals surface area contributed by atoms with Crippen LogP contribution >= 0.6 is 0 Å². The van der Waals surface area contributed by atoms with Crippen LogP contribution in [0.2, 0.25) is 0 Å². The summed E-state index contributed by atoms with van der Waals surface area (Å²) in [5.41, 5.74) is 3.88. The topological polar surface area (TPSA) is 22.6 Å². The van der Waals surface area contributed by atoms with E-state index in [9.17, 15) is 0 Å². The van der Waals surface area contributed by atoms with E-state index in [4.69, 9.17) is 0 Å². The zero-order valence-electron chi connectivity index (χ0n) is 17.1. The standard InChI is InChI=1S/C25H30N4/c1-2-10-23(11-3-1)28-15-17-29(18-16-28)24-12-6-14-27(20-24)19-22-8-4-7-21-9-5-13-26-25(21)22/h1-5,7-11,13,24H,6,12,14-20H2. The fourth-order valence-corrected chi connectivity index (χ4v) is 4.99. The van der Waals surface area contributed by atoms with Crippen molar-refractivity contribution in [3.05, 3.63) is 72.4 Å². The van der Waals surface area contributed by atoms with Crippen molar-refractivity contribution in [1.29, 1.82) is 0 Å². The van der Waals surface area contributed by atoms with Crippen molar-refractivity contribution < 1.29 is 0 Å². The van der Waals surface area contributed by atoms with Crippen LogP contribution in [0.25, 0.3) is 10.9 Å². The van der Waals surface area contributed by atoms with E-state index in [1.807, 2.05) is 12.3 Å². The van der Waals surface area contributed by atoms with Gasteiger partial charge in [0.15, 0.2) is 0 Å². The molecule has 4 nitrogen and oxygen atoms in total. The van der Waals surface area contributed by atoms with E-state index in [2.05, 4.69) is 74.3 Å². The van der Waals surface area contributed by atoms with E-state index < -0.39 is 0 Å². The summed E-state index contributed by atoms with van der Waals surface area (Å²) >= 11 is 0. The Balaban J connectivity index is 1.21. The molecule has 0 bridgehead atoms. The van der Waals surface area contributed by atoms with Crippen LogP contribution in [0.15, 0.2) is 66.9 Å². The van der Waals surface area contributed by atoms with Crippen LogP contribution in [0.5, 0.6) is 0 Å². The third kappa shape index (κ3) is 4.14. The first-order valence-corrected chi connectivity index (χ1v) is 11.0. The smallest absolute Gasteiger partial charge is 0.0746 e. The fourth-order valence-electron chi connectivity index (χ4n) is 4.99. The van der Waals surface area contributed by atoms with Gasteiger partial charge in [-0.25, -0.2) is 0 Å². The van der Waals surface area contributed by atoms with E-state index in [-0.39, 0.29) is 0 Å². The second kappa shape index (κ2) is 8.52. The van der Waals surface area contributed by atoms with Crippen LogP contribution in [0, 0.1) is 0 Å². The minimum atomic E-state index is 0.685. The van der Waals surface area contributed by atoms with Crippen molar-refractivity contribution in [1.82, 2.24) is 14.8 Å². The minimum absolute atomic E-state index is 0.685. The Morgan fingerprint density at radius 3 is 2.52 bits per heavy atom. The number of pyridine rings is 1. The van der Waals surface area contributed by atoms with Gasteiger partial charge in [0.25, 0.3) is 0 Å². The van der Waals surface area contributed by atoms with E-state index in [1.165, 1.54) is 55.7 Å². The number of nitrogens with zero attached hydrogens (tertiary/aromatic N) is 4. The maximum Gasteiger partial charge on any atom is 0.0746 e. The Bertz CT molecular complexity index is 928. The molecule has 2 fully saturated rings. The molecule has 2 saturated heterocycles. The van der Waals surface area contributed by atoms with Gasteiger partial charge < -0.3 is 4.90 Å². The maximum atomic E-state index is 4.65. The molecule has 2 aliphatic heterocycles. The highest BCUT2D eigenvalue weighted by atomic mass is 15.3. The summed E-state index contributed by atoms with van der Waals surface area (Å²) in [5, 5.41) is 1.25. The van der Waals surface area contributed by atoms with Gasteiger partial charge in [-0.3, -0.25) is 14.8 Å². The molecule has 150 valence electrons. The number of anilines is 1. The Morgan fingerprint density at radius 1 is 0.828 bits per heavy atom. The highest BCUT2D eigenvalue weighted by Crippen LogP contribution is 2.23. The van der Waals surface area contributed by atoms with Crippen molar-refractivity contribution in [3.8, 4) is 0 Å². The summed E-state index contributed by atoms with van der Waals surface area (Å²) in [7, 11) is 0. The largest absolute Gasteiger partial charge is 0.369 e. The van der Waals surface area contributed by atoms with Crippen LogP contribution in [-0.2, 0) is 6.54 Å². The molecule has 2 aromatic carbocycles. The number of likely N-dealkylation sites (tertiary alicyclic amines) is 1. The third-order valence-corrected chi connectivity index (χ3v) is 6.54. The van der Waals surface area contributed by atoms with Crippen LogP contribution in [0.4, 0.5) is 5.69 Å². The van der Waals surface area contributed by atoms with Gasteiger partial charge in [0.1, 0.15) is 0 Å². The first-order valence-electron chi connectivity index (χ1n) is 11.0. The highest BCUT2D eigenvalue weighted by molar-refractivity contribution is 5.81. The lowest BCUT2D eigenvalue weighted by atomic mass is 10.0. The molecule has 1 aromatic heterocycles. The fraction of sp³-hybridized carbons (Fsp3) is 0.400. The monoisotopic (exact) mass is 386 g/mol. The van der Waals surface area contributed by atoms with Gasteiger partial charge in [-0.2, -0.15) is 0 Å². The van der Waals surface area contributed by atoms with Crippen LogP contribution in [-0.4, -0.2) is 60.1 Å². The number of benzene rings is 2. The summed E-state index contributed by atoms with van der Waals surface area (Å²) < 4.78 is 0. The van der Waals surface area contributed by atoms with Gasteiger partial charge >= 0.3 is 0 Å². The normalized spacial score (nSPS) is 21.5. The molecule has 1 atom stereocenters. The zero-order chi connectivity index (χ0) is 19.5. The summed E-state index contributed by atoms with van der Waals surface area (Å²) in [6.07, 6.45) is 4.54. The summed E-state index contributed by atoms with van der Waals surface area (Å²) in [5.74, 6) is 0. The molecule has 0 spiro atoms. The molecule has 5 rings (SSSR count). The first kappa shape index (κ1) is 18.6. The molecule has 0 N–H and O–H groups in total. The van der Waals surface area contributed by atoms with Crippen molar-refractivity contribution in [2.24, 2.45) is 0 Å². The zero-order valence-corrected chi connectivity index (χ0v) is 17.1. The van der Waals surface area contributed by atoms with Crippen molar-refractivity contribution >= 4 is 16.6 Å². The van der Waals surface area contributed by atoms with Gasteiger partial charge in [0.2, 0.25) is 0 Å². The predicted octanol–water partition coefficient (Wildman–Crippen LogP) is 4.02. The molecule has 0 radical (unpaired) electrons. The van der Waals surface area contributed by atoms with E-state index in [1.54, 1.807) is 0 Å². The minimum Gasteiger partial charge on any atom is -0.369 e. The number of hydrogen-bond donors (Lipinski definition) is 0. The SMILES string of the molecule is c1ccc(N2CCN(C3CCCN(Cc4cccc5cccnc45)C3)CC2)cc1. The first-order chi connectivity index (χ1) is 14.4. The molecule has 2 aliphatic rings. The summed E-state index contributed by atoms with van der Waals surface area (Å²) in [6.45, 7) is 7.99. The Hall–Kier alpha value is -2.43. The van der Waals surface area contributed by atoms with Crippen LogP contribution in [0.3, 0.4) is 0 Å². The highest BCUT2D eigenvalue weighted by Gasteiger charge is 2.28. The molecule has 3 heterocycles. The third-order valence-electron chi connectivity index (χ3n) is 6.54. The molecule has 0 amide bonds. The van der Waals surface area contributed by atoms with E-state index in [0.717, 1.165) is 25.2 Å². The van der Waals surface area contributed by atoms with E-state index in [0.29, 0.717) is 6.04 Å². The second-order valence-corrected chi connectivity index (χ2v) is 8.38. The van der Waals surface area contributed by atoms with Gasteiger partial charge in [-0.15, -0.1) is 0 Å². The maximum absolute atomic E-state index is 4.65. The van der Waals surface area contributed by atoms with Crippen molar-refractivity contribution in [3.63, 3.8) is 0 Å². The number of piperazine rings is 1. The van der Waals surface area contributed by atoms with Crippen LogP contribution < -0.4 is 4.90 Å². The van der Waals surface area contributed by atoms with Gasteiger partial charge in [0, 0.05) is 62.6 Å². The molecule has 3 aromatic rings. The average Bonchev–Trinajstić information content (AvgIpc) is 2.80. The molecular weight excluding hydrogens is 356 g/mol. The van der Waals surface area contributed by atoms with Gasteiger partial charge in [-0.1, -0.05) is 42.5 Å². The molecule has 1 unspecified atom stereocenters. The average molecular weight is 387 g/mol. The van der Waals surface area contributed by atoms with Crippen LogP contribution in [0.1, 0.15) is 18.4 Å². The van der Waals surface area contributed by atoms with Crippen molar-refractivity contribution in [2.75, 3.05) is 44.2 Å². The Labute approximate surface area is 173 Å². The molecule has 0 aliphatic carbocycles. The van der Waals surface area contributed by atoms with Gasteiger partial charge in [-0.05, 0) is 43.1 Å². The molecule has 29 heavy (non-hydrogen) atoms. The number of aromatic nitrogens is 1. The summed E-state index contributed by atoms with van der Waals surface area (Å²) in [4.78, 5) is 12.5. The van der Waals surface area contributed by atoms with E-state index >= 15 is 0 Å². The lowest BCUT2D eigenvalue weighted by Gasteiger charge is -2.44. The number of rotatable bonds is 4. The Kier molecular flexibility index (Phi) is 5.46. The van der Waals surface area contributed by atoms with Crippen molar-refractivity contribution in [2.45, 2.75) is 25.4 Å². The number of fused-ring (bicyclic) bond motifs is 1. The quantitative estimate of drug-likeness (QED) is 0.675. The second-order valence-electron chi connectivity index (χ2n) is 8.38. The molecular formula is C25H30N4. The number of para-hydroxylation sites is 2. The summed E-state index contributed by atoms with van der Waals surface area (Å²) in [6, 6.07) is 22.3.